The summed E-state index contributed by atoms with van der Waals surface area (Å²) in [6.45, 7) is 3.35. The number of para-hydroxylation sites is 1. The lowest BCUT2D eigenvalue weighted by Crippen LogP contribution is -3.12. The van der Waals surface area contributed by atoms with Gasteiger partial charge in [-0.25, -0.2) is 4.98 Å². The summed E-state index contributed by atoms with van der Waals surface area (Å²) in [5, 5.41) is 12.0. The van der Waals surface area contributed by atoms with Crippen LogP contribution in [-0.4, -0.2) is 27.5 Å². The number of aromatic nitrogens is 2. The summed E-state index contributed by atoms with van der Waals surface area (Å²) in [7, 11) is 0. The molecule has 140 valence electrons. The Kier molecular flexibility index (Phi) is 5.68. The van der Waals surface area contributed by atoms with Crippen LogP contribution in [0, 0.1) is 10.1 Å². The monoisotopic (exact) mass is 384 g/mol. The van der Waals surface area contributed by atoms with Gasteiger partial charge in [0.05, 0.1) is 28.4 Å². The van der Waals surface area contributed by atoms with Crippen LogP contribution in [0.25, 0.3) is 22.3 Å². The fourth-order valence-electron chi connectivity index (χ4n) is 3.72. The second kappa shape index (κ2) is 7.98. The first-order valence-electron chi connectivity index (χ1n) is 9.01. The number of nitrogens with one attached hydrogen (secondary N) is 1. The highest BCUT2D eigenvalue weighted by Gasteiger charge is 2.28. The normalized spacial score (nSPS) is 19.4. The lowest BCUT2D eigenvalue weighted by molar-refractivity contribution is -0.865. The van der Waals surface area contributed by atoms with Crippen LogP contribution < -0.4 is 17.3 Å². The highest BCUT2D eigenvalue weighted by atomic mass is 35.5. The summed E-state index contributed by atoms with van der Waals surface area (Å²) in [6, 6.07) is 15.1. The van der Waals surface area contributed by atoms with E-state index in [9.17, 15) is 10.1 Å². The van der Waals surface area contributed by atoms with Gasteiger partial charge in [-0.05, 0) is 50.5 Å². The summed E-state index contributed by atoms with van der Waals surface area (Å²) in [4.78, 5) is 21.5. The predicted octanol–water partition coefficient (Wildman–Crippen LogP) is 0.298. The third kappa shape index (κ3) is 3.77. The SMILES string of the molecule is CC1CCCC[NH+]1c1nc(-c2ccc([N+](=O)[O-])cc2)nc2ccccc12.[Cl-]. The molecule has 3 aromatic rings. The third-order valence-corrected chi connectivity index (χ3v) is 5.17. The van der Waals surface area contributed by atoms with Crippen LogP contribution in [0.15, 0.2) is 48.5 Å². The van der Waals surface area contributed by atoms with Gasteiger partial charge in [-0.1, -0.05) is 12.1 Å². The average Bonchev–Trinajstić information content (AvgIpc) is 2.68. The number of quaternary nitrogens is 1. The lowest BCUT2D eigenvalue weighted by atomic mass is 10.0. The summed E-state index contributed by atoms with van der Waals surface area (Å²) in [6.07, 6.45) is 3.66. The molecule has 2 aromatic carbocycles. The molecule has 1 aromatic heterocycles. The number of non-ortho nitro benzene ring substituents is 1. The number of halogens is 1. The van der Waals surface area contributed by atoms with Gasteiger partial charge in [-0.2, -0.15) is 4.98 Å². The predicted molar refractivity (Wildman–Crippen MR) is 100 cm³/mol. The molecule has 0 amide bonds. The smallest absolute Gasteiger partial charge is 0.269 e. The van der Waals surface area contributed by atoms with Gasteiger partial charge in [0.25, 0.3) is 5.69 Å². The van der Waals surface area contributed by atoms with Crippen molar-refractivity contribution in [1.82, 2.24) is 9.97 Å². The Morgan fingerprint density at radius 3 is 2.52 bits per heavy atom. The van der Waals surface area contributed by atoms with Crippen molar-refractivity contribution < 1.29 is 22.2 Å². The number of fused-ring (bicyclic) bond motifs is 1. The van der Waals surface area contributed by atoms with Crippen LogP contribution in [0.1, 0.15) is 26.2 Å². The molecule has 1 fully saturated rings. The van der Waals surface area contributed by atoms with Crippen LogP contribution in [0.2, 0.25) is 0 Å². The van der Waals surface area contributed by atoms with Crippen LogP contribution in [0.5, 0.6) is 0 Å². The number of nitro groups is 1. The molecule has 0 saturated carbocycles. The minimum absolute atomic E-state index is 0. The molecule has 0 aliphatic carbocycles. The zero-order valence-corrected chi connectivity index (χ0v) is 15.8. The van der Waals surface area contributed by atoms with E-state index in [0.29, 0.717) is 11.9 Å². The summed E-state index contributed by atoms with van der Waals surface area (Å²) >= 11 is 0. The fourth-order valence-corrected chi connectivity index (χ4v) is 3.72. The van der Waals surface area contributed by atoms with E-state index in [1.807, 2.05) is 18.2 Å². The maximum atomic E-state index is 10.9. The second-order valence-electron chi connectivity index (χ2n) is 6.89. The minimum atomic E-state index is -0.393. The van der Waals surface area contributed by atoms with Crippen molar-refractivity contribution in [3.8, 4) is 11.4 Å². The van der Waals surface area contributed by atoms with Gasteiger partial charge in [0.15, 0.2) is 5.82 Å². The van der Waals surface area contributed by atoms with Crippen molar-refractivity contribution in [2.75, 3.05) is 6.54 Å². The molecule has 6 nitrogen and oxygen atoms in total. The van der Waals surface area contributed by atoms with Gasteiger partial charge in [-0.15, -0.1) is 0 Å². The highest BCUT2D eigenvalue weighted by molar-refractivity contribution is 5.87. The van der Waals surface area contributed by atoms with E-state index in [4.69, 9.17) is 9.97 Å². The Morgan fingerprint density at radius 2 is 1.81 bits per heavy atom. The van der Waals surface area contributed by atoms with Crippen molar-refractivity contribution >= 4 is 22.4 Å². The molecule has 7 heteroatoms. The molecule has 2 atom stereocenters. The van der Waals surface area contributed by atoms with Crippen LogP contribution in [0.4, 0.5) is 11.5 Å². The number of nitro benzene ring substituents is 1. The number of nitrogens with zero attached hydrogens (tertiary/aromatic N) is 3. The molecule has 1 aliphatic heterocycles. The van der Waals surface area contributed by atoms with Crippen LogP contribution in [-0.2, 0) is 0 Å². The Morgan fingerprint density at radius 1 is 1.07 bits per heavy atom. The van der Waals surface area contributed by atoms with E-state index in [0.717, 1.165) is 28.8 Å². The number of rotatable bonds is 3. The Bertz CT molecular complexity index is 962. The third-order valence-electron chi connectivity index (χ3n) is 5.17. The molecule has 2 unspecified atom stereocenters. The van der Waals surface area contributed by atoms with Gasteiger partial charge in [-0.3, -0.25) is 15.0 Å². The van der Waals surface area contributed by atoms with E-state index < -0.39 is 4.92 Å². The molecule has 1 saturated heterocycles. The maximum Gasteiger partial charge on any atom is 0.269 e. The largest absolute Gasteiger partial charge is 1.00 e. The lowest BCUT2D eigenvalue weighted by Gasteiger charge is -2.29. The number of hydrogen-bond acceptors (Lipinski definition) is 4. The van der Waals surface area contributed by atoms with E-state index in [1.165, 1.54) is 36.3 Å². The topological polar surface area (TPSA) is 73.4 Å². The van der Waals surface area contributed by atoms with Gasteiger partial charge in [0, 0.05) is 17.7 Å². The molecule has 2 heterocycles. The first-order valence-corrected chi connectivity index (χ1v) is 9.01. The van der Waals surface area contributed by atoms with Gasteiger partial charge in [0.2, 0.25) is 5.82 Å². The molecule has 1 aliphatic rings. The summed E-state index contributed by atoms with van der Waals surface area (Å²) < 4.78 is 0. The molecule has 0 radical (unpaired) electrons. The van der Waals surface area contributed by atoms with Crippen LogP contribution in [0.3, 0.4) is 0 Å². The Labute approximate surface area is 163 Å². The zero-order valence-electron chi connectivity index (χ0n) is 15.1. The first-order chi connectivity index (χ1) is 12.6. The standard InChI is InChI=1S/C20H20N4O2.ClH/c1-14-6-4-5-13-23(14)20-17-7-2-3-8-18(17)21-19(22-20)15-9-11-16(12-10-15)24(25)26;/h2-3,7-12,14H,4-6,13H2,1H3;1H. The van der Waals surface area contributed by atoms with Crippen molar-refractivity contribution in [1.29, 1.82) is 0 Å². The molecule has 1 N–H and O–H groups in total. The van der Waals surface area contributed by atoms with E-state index in [1.54, 1.807) is 12.1 Å². The molecular formula is C20H21ClN4O2. The van der Waals surface area contributed by atoms with Crippen molar-refractivity contribution in [2.45, 2.75) is 32.2 Å². The fraction of sp³-hybridized carbons (Fsp3) is 0.300. The second-order valence-corrected chi connectivity index (χ2v) is 6.89. The maximum absolute atomic E-state index is 10.9. The Balaban J connectivity index is 0.00000210. The first kappa shape index (κ1) is 19.2. The summed E-state index contributed by atoms with van der Waals surface area (Å²) in [5.74, 6) is 1.66. The number of benzene rings is 2. The van der Waals surface area contributed by atoms with Gasteiger partial charge in [0.1, 0.15) is 0 Å². The van der Waals surface area contributed by atoms with Crippen LogP contribution >= 0.6 is 0 Å². The highest BCUT2D eigenvalue weighted by Crippen LogP contribution is 2.25. The quantitative estimate of drug-likeness (QED) is 0.520. The van der Waals surface area contributed by atoms with E-state index in [2.05, 4.69) is 13.0 Å². The molecule has 0 spiro atoms. The van der Waals surface area contributed by atoms with Gasteiger partial charge >= 0.3 is 0 Å². The molecule has 27 heavy (non-hydrogen) atoms. The summed E-state index contributed by atoms with van der Waals surface area (Å²) in [5.41, 5.74) is 1.79. The van der Waals surface area contributed by atoms with Gasteiger partial charge < -0.3 is 12.4 Å². The number of hydrogen-bond donors (Lipinski definition) is 1. The van der Waals surface area contributed by atoms with E-state index in [-0.39, 0.29) is 18.1 Å². The molecular weight excluding hydrogens is 364 g/mol. The zero-order chi connectivity index (χ0) is 18.1. The Hall–Kier alpha value is -2.57. The van der Waals surface area contributed by atoms with Crippen molar-refractivity contribution in [2.24, 2.45) is 0 Å². The van der Waals surface area contributed by atoms with E-state index >= 15 is 0 Å². The minimum Gasteiger partial charge on any atom is -1.00 e. The number of piperidine rings is 1. The van der Waals surface area contributed by atoms with Crippen molar-refractivity contribution in [3.63, 3.8) is 0 Å². The average molecular weight is 385 g/mol. The molecule has 4 rings (SSSR count). The van der Waals surface area contributed by atoms with Crippen molar-refractivity contribution in [3.05, 3.63) is 58.6 Å². The molecule has 0 bridgehead atoms.